The highest BCUT2D eigenvalue weighted by molar-refractivity contribution is 7.16. The minimum Gasteiger partial charge on any atom is -0.469 e. The van der Waals surface area contributed by atoms with Crippen molar-refractivity contribution in [3.63, 3.8) is 0 Å². The van der Waals surface area contributed by atoms with Crippen LogP contribution in [0.2, 0.25) is 0 Å². The van der Waals surface area contributed by atoms with Crippen molar-refractivity contribution in [1.29, 1.82) is 0 Å². The maximum Gasteiger partial charge on any atom is 0.341 e. The fraction of sp³-hybridized carbons (Fsp3) is 0.294. The summed E-state index contributed by atoms with van der Waals surface area (Å²) in [4.78, 5) is 27.4. The average Bonchev–Trinajstić information content (AvgIpc) is 2.94. The second kappa shape index (κ2) is 7.28. The Kier molecular flexibility index (Phi) is 5.39. The summed E-state index contributed by atoms with van der Waals surface area (Å²) in [5, 5.41) is 0. The van der Waals surface area contributed by atoms with Crippen LogP contribution in [0.5, 0.6) is 0 Å². The van der Waals surface area contributed by atoms with E-state index in [1.807, 2.05) is 49.3 Å². The number of rotatable bonds is 5. The molecule has 5 nitrogen and oxygen atoms in total. The zero-order valence-electron chi connectivity index (χ0n) is 13.6. The van der Waals surface area contributed by atoms with E-state index < -0.39 is 5.97 Å². The summed E-state index contributed by atoms with van der Waals surface area (Å²) in [6.45, 7) is 0. The predicted octanol–water partition coefficient (Wildman–Crippen LogP) is 2.98. The van der Waals surface area contributed by atoms with E-state index in [2.05, 4.69) is 0 Å². The van der Waals surface area contributed by atoms with E-state index in [0.29, 0.717) is 10.4 Å². The van der Waals surface area contributed by atoms with Crippen molar-refractivity contribution in [3.05, 3.63) is 40.8 Å². The van der Waals surface area contributed by atoms with Gasteiger partial charge >= 0.3 is 11.9 Å². The normalized spacial score (nSPS) is 10.3. The maximum absolute atomic E-state index is 12.3. The monoisotopic (exact) mass is 333 g/mol. The van der Waals surface area contributed by atoms with Crippen LogP contribution in [0, 0.1) is 0 Å². The quantitative estimate of drug-likeness (QED) is 0.787. The van der Waals surface area contributed by atoms with E-state index in [-0.39, 0.29) is 12.4 Å². The van der Waals surface area contributed by atoms with E-state index in [1.165, 1.54) is 25.6 Å². The van der Waals surface area contributed by atoms with Crippen LogP contribution in [0.1, 0.15) is 15.2 Å². The first kappa shape index (κ1) is 17.0. The highest BCUT2D eigenvalue weighted by atomic mass is 32.1. The number of thiophene rings is 1. The number of ether oxygens (including phenoxy) is 2. The lowest BCUT2D eigenvalue weighted by atomic mass is 10.1. The first-order chi connectivity index (χ1) is 11.0. The van der Waals surface area contributed by atoms with Crippen molar-refractivity contribution in [2.45, 2.75) is 6.42 Å². The molecule has 0 bridgehead atoms. The molecule has 1 aromatic heterocycles. The third kappa shape index (κ3) is 3.53. The van der Waals surface area contributed by atoms with Gasteiger partial charge in [0.05, 0.1) is 36.8 Å². The lowest BCUT2D eigenvalue weighted by Gasteiger charge is -2.16. The molecule has 0 spiro atoms. The molecule has 6 heteroatoms. The summed E-state index contributed by atoms with van der Waals surface area (Å²) in [5.41, 5.74) is 2.17. The number of anilines is 1. The molecular weight excluding hydrogens is 314 g/mol. The van der Waals surface area contributed by atoms with Gasteiger partial charge in [0.1, 0.15) is 0 Å². The number of carbonyl (C=O) groups is 2. The number of benzene rings is 1. The highest BCUT2D eigenvalue weighted by Crippen LogP contribution is 2.43. The van der Waals surface area contributed by atoms with Crippen molar-refractivity contribution in [2.24, 2.45) is 0 Å². The van der Waals surface area contributed by atoms with Gasteiger partial charge in [-0.05, 0) is 5.56 Å². The van der Waals surface area contributed by atoms with E-state index in [1.54, 1.807) is 0 Å². The van der Waals surface area contributed by atoms with Gasteiger partial charge in [-0.3, -0.25) is 4.79 Å². The molecule has 0 N–H and O–H groups in total. The average molecular weight is 333 g/mol. The van der Waals surface area contributed by atoms with Crippen LogP contribution in [0.25, 0.3) is 10.4 Å². The van der Waals surface area contributed by atoms with Crippen LogP contribution in [0.4, 0.5) is 5.69 Å². The molecule has 2 rings (SSSR count). The topological polar surface area (TPSA) is 55.8 Å². The SMILES string of the molecule is COC(=O)Cc1sc(-c2ccccc2)c(N(C)C)c1C(=O)OC. The second-order valence-corrected chi connectivity index (χ2v) is 6.19. The Morgan fingerprint density at radius 1 is 1.09 bits per heavy atom. The summed E-state index contributed by atoms with van der Waals surface area (Å²) < 4.78 is 9.66. The molecule has 0 aliphatic carbocycles. The molecule has 1 aromatic carbocycles. The smallest absolute Gasteiger partial charge is 0.341 e. The fourth-order valence-electron chi connectivity index (χ4n) is 2.32. The molecule has 0 aliphatic rings. The van der Waals surface area contributed by atoms with Crippen LogP contribution in [-0.2, 0) is 20.7 Å². The Balaban J connectivity index is 2.67. The maximum atomic E-state index is 12.3. The molecular formula is C17H19NO4S. The van der Waals surface area contributed by atoms with E-state index in [9.17, 15) is 9.59 Å². The lowest BCUT2D eigenvalue weighted by molar-refractivity contribution is -0.139. The zero-order chi connectivity index (χ0) is 17.0. The van der Waals surface area contributed by atoms with Crippen LogP contribution >= 0.6 is 11.3 Å². The molecule has 0 radical (unpaired) electrons. The van der Waals surface area contributed by atoms with Crippen molar-refractivity contribution < 1.29 is 19.1 Å². The molecule has 2 aromatic rings. The first-order valence-electron chi connectivity index (χ1n) is 7.03. The highest BCUT2D eigenvalue weighted by Gasteiger charge is 2.27. The van der Waals surface area contributed by atoms with Gasteiger partial charge in [-0.25, -0.2) is 4.79 Å². The number of hydrogen-bond acceptors (Lipinski definition) is 6. The summed E-state index contributed by atoms with van der Waals surface area (Å²) in [5.74, 6) is -0.840. The van der Waals surface area contributed by atoms with Crippen LogP contribution in [0.3, 0.4) is 0 Å². The standard InChI is InChI=1S/C17H19NO4S/c1-18(2)15-14(17(20)22-4)12(10-13(19)21-3)23-16(15)11-8-6-5-7-9-11/h5-9H,10H2,1-4H3. The minimum absolute atomic E-state index is 0.0409. The van der Waals surface area contributed by atoms with Crippen LogP contribution < -0.4 is 4.90 Å². The number of nitrogens with zero attached hydrogens (tertiary/aromatic N) is 1. The molecule has 0 saturated carbocycles. The van der Waals surface area contributed by atoms with Crippen LogP contribution in [-0.4, -0.2) is 40.3 Å². The summed E-state index contributed by atoms with van der Waals surface area (Å²) in [6, 6.07) is 9.76. The van der Waals surface area contributed by atoms with Gasteiger partial charge in [-0.15, -0.1) is 11.3 Å². The first-order valence-corrected chi connectivity index (χ1v) is 7.84. The Bertz CT molecular complexity index is 707. The van der Waals surface area contributed by atoms with Crippen LogP contribution in [0.15, 0.2) is 30.3 Å². The van der Waals surface area contributed by atoms with Gasteiger partial charge in [0.2, 0.25) is 0 Å². The minimum atomic E-state index is -0.453. The third-order valence-corrected chi connectivity index (χ3v) is 4.59. The summed E-state index contributed by atoms with van der Waals surface area (Å²) >= 11 is 1.41. The van der Waals surface area contributed by atoms with Gasteiger partial charge in [0, 0.05) is 19.0 Å². The van der Waals surface area contributed by atoms with E-state index >= 15 is 0 Å². The Labute approximate surface area is 139 Å². The molecule has 0 atom stereocenters. The Hall–Kier alpha value is -2.34. The van der Waals surface area contributed by atoms with E-state index in [0.717, 1.165) is 16.1 Å². The lowest BCUT2D eigenvalue weighted by Crippen LogP contribution is -2.16. The summed E-state index contributed by atoms with van der Waals surface area (Å²) in [6.07, 6.45) is 0.0409. The van der Waals surface area contributed by atoms with Gasteiger partial charge in [-0.2, -0.15) is 0 Å². The summed E-state index contributed by atoms with van der Waals surface area (Å²) in [7, 11) is 6.40. The number of methoxy groups -OCH3 is 2. The molecule has 0 unspecified atom stereocenters. The molecule has 122 valence electrons. The second-order valence-electron chi connectivity index (χ2n) is 5.08. The van der Waals surface area contributed by atoms with Crippen molar-refractivity contribution in [2.75, 3.05) is 33.2 Å². The largest absolute Gasteiger partial charge is 0.469 e. The van der Waals surface area contributed by atoms with Gasteiger partial charge in [0.25, 0.3) is 0 Å². The van der Waals surface area contributed by atoms with Crippen molar-refractivity contribution in [3.8, 4) is 10.4 Å². The Morgan fingerprint density at radius 3 is 2.26 bits per heavy atom. The van der Waals surface area contributed by atoms with Gasteiger partial charge in [0.15, 0.2) is 0 Å². The number of hydrogen-bond donors (Lipinski definition) is 0. The molecule has 0 fully saturated rings. The Morgan fingerprint density at radius 2 is 1.74 bits per heavy atom. The van der Waals surface area contributed by atoms with Crippen molar-refractivity contribution in [1.82, 2.24) is 0 Å². The third-order valence-electron chi connectivity index (χ3n) is 3.36. The predicted molar refractivity (Wildman–Crippen MR) is 91.1 cm³/mol. The van der Waals surface area contributed by atoms with Gasteiger partial charge < -0.3 is 14.4 Å². The molecule has 1 heterocycles. The molecule has 0 saturated heterocycles. The number of esters is 2. The van der Waals surface area contributed by atoms with E-state index in [4.69, 9.17) is 9.47 Å². The van der Waals surface area contributed by atoms with Gasteiger partial charge in [-0.1, -0.05) is 30.3 Å². The fourth-order valence-corrected chi connectivity index (χ4v) is 3.67. The zero-order valence-corrected chi connectivity index (χ0v) is 14.4. The molecule has 0 aliphatic heterocycles. The number of carbonyl (C=O) groups excluding carboxylic acids is 2. The molecule has 0 amide bonds. The molecule has 23 heavy (non-hydrogen) atoms. The van der Waals surface area contributed by atoms with Crippen molar-refractivity contribution >= 4 is 29.0 Å².